The molecule has 268 valence electrons. The maximum Gasteiger partial charge on any atom is 0.164 e. The second-order valence-corrected chi connectivity index (χ2v) is 15.0. The first-order chi connectivity index (χ1) is 28.7. The lowest BCUT2D eigenvalue weighted by molar-refractivity contribution is 0.669. The average Bonchev–Trinajstić information content (AvgIpc) is 3.96. The highest BCUT2D eigenvalue weighted by Crippen LogP contribution is 2.53. The van der Waals surface area contributed by atoms with Gasteiger partial charge in [0.2, 0.25) is 0 Å². The molecule has 13 rings (SSSR count). The van der Waals surface area contributed by atoms with Crippen molar-refractivity contribution < 1.29 is 8.83 Å². The third-order valence-corrected chi connectivity index (χ3v) is 11.9. The number of rotatable bonds is 4. The molecule has 5 nitrogen and oxygen atoms in total. The third kappa shape index (κ3) is 4.44. The Morgan fingerprint density at radius 1 is 0.310 bits per heavy atom. The Morgan fingerprint density at radius 2 is 0.914 bits per heavy atom. The van der Waals surface area contributed by atoms with Gasteiger partial charge in [-0.2, -0.15) is 0 Å². The predicted octanol–water partition coefficient (Wildman–Crippen LogP) is 14.3. The first kappa shape index (κ1) is 31.3. The molecule has 0 spiro atoms. The van der Waals surface area contributed by atoms with Crippen molar-refractivity contribution in [1.82, 2.24) is 15.0 Å². The smallest absolute Gasteiger partial charge is 0.164 e. The number of aromatic nitrogens is 3. The van der Waals surface area contributed by atoms with Gasteiger partial charge in [0.05, 0.1) is 0 Å². The van der Waals surface area contributed by atoms with Gasteiger partial charge in [0.25, 0.3) is 0 Å². The van der Waals surface area contributed by atoms with E-state index in [1.165, 1.54) is 33.0 Å². The zero-order chi connectivity index (χ0) is 37.9. The van der Waals surface area contributed by atoms with E-state index in [4.69, 9.17) is 23.8 Å². The fraction of sp³-hybridized carbons (Fsp3) is 0. The minimum absolute atomic E-state index is 0.583. The molecule has 58 heavy (non-hydrogen) atoms. The molecule has 0 saturated carbocycles. The SMILES string of the molecule is c1ccc(-c2nc(-c3ccc4c(c3)oc3ccccc34)nc(-c3cccc4c(-c5cccc6oc7c8c9c(cccc9cc7c56)-c5ccccc5-8)cccc34)n2)cc1. The quantitative estimate of drug-likeness (QED) is 0.180. The van der Waals surface area contributed by atoms with Gasteiger partial charge in [-0.15, -0.1) is 0 Å². The van der Waals surface area contributed by atoms with Crippen molar-refractivity contribution in [3.8, 4) is 67.5 Å². The van der Waals surface area contributed by atoms with Crippen molar-refractivity contribution in [2.75, 3.05) is 0 Å². The van der Waals surface area contributed by atoms with Crippen LogP contribution < -0.4 is 0 Å². The number of hydrogen-bond acceptors (Lipinski definition) is 5. The lowest BCUT2D eigenvalue weighted by Crippen LogP contribution is -2.00. The zero-order valence-electron chi connectivity index (χ0n) is 30.9. The molecule has 0 radical (unpaired) electrons. The Hall–Kier alpha value is -7.89. The Morgan fingerprint density at radius 3 is 1.79 bits per heavy atom. The first-order valence-electron chi connectivity index (χ1n) is 19.5. The molecular weight excluding hydrogens is 711 g/mol. The van der Waals surface area contributed by atoms with Gasteiger partial charge in [-0.25, -0.2) is 15.0 Å². The third-order valence-electron chi connectivity index (χ3n) is 11.9. The summed E-state index contributed by atoms with van der Waals surface area (Å²) in [5.74, 6) is 1.80. The summed E-state index contributed by atoms with van der Waals surface area (Å²) in [6, 6.07) is 61.4. The molecular formula is C53H29N3O2. The van der Waals surface area contributed by atoms with Crippen molar-refractivity contribution in [1.29, 1.82) is 0 Å². The molecule has 0 amide bonds. The Kier molecular flexibility index (Phi) is 6.38. The van der Waals surface area contributed by atoms with Crippen LogP contribution in [-0.2, 0) is 0 Å². The van der Waals surface area contributed by atoms with E-state index >= 15 is 0 Å². The fourth-order valence-electron chi connectivity index (χ4n) is 9.32. The lowest BCUT2D eigenvalue weighted by Gasteiger charge is -2.13. The van der Waals surface area contributed by atoms with Gasteiger partial charge in [-0.3, -0.25) is 0 Å². The lowest BCUT2D eigenvalue weighted by atomic mass is 9.92. The predicted molar refractivity (Wildman–Crippen MR) is 236 cm³/mol. The molecule has 0 bridgehead atoms. The van der Waals surface area contributed by atoms with Gasteiger partial charge < -0.3 is 8.83 Å². The number of nitrogens with zero attached hydrogens (tertiary/aromatic N) is 3. The summed E-state index contributed by atoms with van der Waals surface area (Å²) in [4.78, 5) is 15.4. The normalized spacial score (nSPS) is 12.1. The Bertz CT molecular complexity index is 3690. The van der Waals surface area contributed by atoms with Crippen LogP contribution in [0.1, 0.15) is 0 Å². The molecule has 9 aromatic carbocycles. The van der Waals surface area contributed by atoms with Crippen LogP contribution in [0.2, 0.25) is 0 Å². The van der Waals surface area contributed by atoms with Crippen molar-refractivity contribution in [3.63, 3.8) is 0 Å². The van der Waals surface area contributed by atoms with Gasteiger partial charge in [0.1, 0.15) is 22.3 Å². The highest BCUT2D eigenvalue weighted by atomic mass is 16.3. The Balaban J connectivity index is 1.02. The van der Waals surface area contributed by atoms with Crippen LogP contribution in [0.15, 0.2) is 185 Å². The van der Waals surface area contributed by atoms with Crippen LogP contribution in [0, 0.1) is 0 Å². The number of benzene rings is 9. The maximum atomic E-state index is 6.86. The average molecular weight is 740 g/mol. The van der Waals surface area contributed by atoms with E-state index in [0.717, 1.165) is 82.5 Å². The highest BCUT2D eigenvalue weighted by molar-refractivity contribution is 6.28. The van der Waals surface area contributed by atoms with Crippen LogP contribution in [0.3, 0.4) is 0 Å². The van der Waals surface area contributed by atoms with Gasteiger partial charge in [0, 0.05) is 49.2 Å². The van der Waals surface area contributed by atoms with E-state index in [2.05, 4.69) is 121 Å². The van der Waals surface area contributed by atoms with E-state index < -0.39 is 0 Å². The summed E-state index contributed by atoms with van der Waals surface area (Å²) in [5.41, 5.74) is 13.3. The van der Waals surface area contributed by atoms with Gasteiger partial charge in [0.15, 0.2) is 17.5 Å². The number of fused-ring (bicyclic) bond motifs is 11. The summed E-state index contributed by atoms with van der Waals surface area (Å²) in [5, 5.41) is 9.00. The van der Waals surface area contributed by atoms with Crippen LogP contribution >= 0.6 is 0 Å². The largest absolute Gasteiger partial charge is 0.456 e. The molecule has 3 heterocycles. The van der Waals surface area contributed by atoms with Gasteiger partial charge >= 0.3 is 0 Å². The molecule has 1 aliphatic rings. The van der Waals surface area contributed by atoms with Crippen molar-refractivity contribution in [2.24, 2.45) is 0 Å². The van der Waals surface area contributed by atoms with Crippen molar-refractivity contribution in [2.45, 2.75) is 0 Å². The molecule has 5 heteroatoms. The van der Waals surface area contributed by atoms with Gasteiger partial charge in [-0.1, -0.05) is 146 Å². The molecule has 0 unspecified atom stereocenters. The molecule has 3 aromatic heterocycles. The van der Waals surface area contributed by atoms with Gasteiger partial charge in [-0.05, 0) is 74.3 Å². The van der Waals surface area contributed by atoms with Crippen LogP contribution in [0.5, 0.6) is 0 Å². The molecule has 0 N–H and O–H groups in total. The summed E-state index contributed by atoms with van der Waals surface area (Å²) in [7, 11) is 0. The monoisotopic (exact) mass is 739 g/mol. The van der Waals surface area contributed by atoms with E-state index in [-0.39, 0.29) is 0 Å². The fourth-order valence-corrected chi connectivity index (χ4v) is 9.32. The molecule has 0 aliphatic heterocycles. The first-order valence-corrected chi connectivity index (χ1v) is 19.5. The minimum atomic E-state index is 0.583. The summed E-state index contributed by atoms with van der Waals surface area (Å²) < 4.78 is 13.1. The molecule has 0 atom stereocenters. The second kappa shape index (κ2) is 11.8. The second-order valence-electron chi connectivity index (χ2n) is 15.0. The number of furan rings is 2. The number of hydrogen-bond donors (Lipinski definition) is 0. The topological polar surface area (TPSA) is 65.0 Å². The van der Waals surface area contributed by atoms with E-state index in [0.29, 0.717) is 17.5 Å². The van der Waals surface area contributed by atoms with Crippen LogP contribution in [0.25, 0.3) is 133 Å². The Labute approximate surface area is 331 Å². The van der Waals surface area contributed by atoms with Crippen LogP contribution in [0.4, 0.5) is 0 Å². The zero-order valence-corrected chi connectivity index (χ0v) is 30.9. The summed E-state index contributed by atoms with van der Waals surface area (Å²) >= 11 is 0. The van der Waals surface area contributed by atoms with E-state index in [1.807, 2.05) is 54.6 Å². The van der Waals surface area contributed by atoms with Crippen molar-refractivity contribution >= 4 is 65.4 Å². The van der Waals surface area contributed by atoms with E-state index in [1.54, 1.807) is 0 Å². The summed E-state index contributed by atoms with van der Waals surface area (Å²) in [6.45, 7) is 0. The molecule has 0 saturated heterocycles. The standard InChI is InChI=1S/C53H29N3O2/c1-2-12-30(13-3-1)51-54-52(32-26-27-38-37-16-6-7-24-44(37)57-46(38)29-32)56-53(55-51)42-23-10-18-33-34(19-9-20-35(33)42)40-22-11-25-45-48(40)43-28-31-14-8-21-39-36-15-4-5-17-41(36)49(47(31)39)50(43)58-45/h1-29H. The minimum Gasteiger partial charge on any atom is -0.456 e. The molecule has 0 fully saturated rings. The molecule has 1 aliphatic carbocycles. The molecule has 12 aromatic rings. The highest BCUT2D eigenvalue weighted by Gasteiger charge is 2.27. The number of para-hydroxylation sites is 1. The summed E-state index contributed by atoms with van der Waals surface area (Å²) in [6.07, 6.45) is 0. The van der Waals surface area contributed by atoms with Crippen LogP contribution in [-0.4, -0.2) is 15.0 Å². The van der Waals surface area contributed by atoms with E-state index in [9.17, 15) is 0 Å². The van der Waals surface area contributed by atoms with Crippen molar-refractivity contribution in [3.05, 3.63) is 176 Å². The maximum absolute atomic E-state index is 6.86.